The predicted molar refractivity (Wildman–Crippen MR) is 85.4 cm³/mol. The van der Waals surface area contributed by atoms with Crippen LogP contribution in [0.25, 0.3) is 0 Å². The monoisotopic (exact) mass is 315 g/mol. The molecule has 0 unspecified atom stereocenters. The second kappa shape index (κ2) is 6.12. The lowest BCUT2D eigenvalue weighted by Gasteiger charge is -2.23. The van der Waals surface area contributed by atoms with Crippen LogP contribution in [-0.2, 0) is 0 Å². The van der Waals surface area contributed by atoms with Crippen molar-refractivity contribution in [1.82, 2.24) is 15.5 Å². The first-order valence-electron chi connectivity index (χ1n) is 8.02. The van der Waals surface area contributed by atoms with Crippen LogP contribution < -0.4 is 10.6 Å². The molecule has 1 aromatic carbocycles. The zero-order valence-corrected chi connectivity index (χ0v) is 13.4. The second-order valence-corrected chi connectivity index (χ2v) is 6.33. The highest BCUT2D eigenvalue weighted by atomic mass is 16.2. The van der Waals surface area contributed by atoms with E-state index in [9.17, 15) is 14.4 Å². The fourth-order valence-electron chi connectivity index (χ4n) is 3.10. The topological polar surface area (TPSA) is 78.5 Å². The van der Waals surface area contributed by atoms with Crippen LogP contribution in [0.1, 0.15) is 57.8 Å². The third-order valence-corrected chi connectivity index (χ3v) is 4.37. The van der Waals surface area contributed by atoms with Gasteiger partial charge in [-0.2, -0.15) is 0 Å². The molecule has 0 aliphatic carbocycles. The summed E-state index contributed by atoms with van der Waals surface area (Å²) in [5, 5.41) is 6.25. The number of nitrogens with one attached hydrogen (secondary N) is 2. The first kappa shape index (κ1) is 15.7. The van der Waals surface area contributed by atoms with Crippen LogP contribution in [0.4, 0.5) is 0 Å². The summed E-state index contributed by atoms with van der Waals surface area (Å²) in [5.74, 6) is -0.801. The van der Waals surface area contributed by atoms with Crippen molar-refractivity contribution >= 4 is 17.7 Å². The number of carbonyl (C=O) groups excluding carboxylic acids is 3. The Bertz CT molecular complexity index is 663. The zero-order chi connectivity index (χ0) is 16.6. The summed E-state index contributed by atoms with van der Waals surface area (Å²) in [4.78, 5) is 38.2. The number of rotatable bonds is 3. The fraction of sp³-hybridized carbons (Fsp3) is 0.471. The Balaban J connectivity index is 1.80. The minimum Gasteiger partial charge on any atom is -0.349 e. The minimum absolute atomic E-state index is 0.154. The molecule has 1 aromatic rings. The van der Waals surface area contributed by atoms with Crippen LogP contribution in [0.5, 0.6) is 0 Å². The summed E-state index contributed by atoms with van der Waals surface area (Å²) in [6.45, 7) is 5.38. The average Bonchev–Trinajstić information content (AvgIpc) is 2.79. The number of nitrogens with zero attached hydrogens (tertiary/aromatic N) is 1. The summed E-state index contributed by atoms with van der Waals surface area (Å²) in [7, 11) is 0. The molecule has 0 saturated carbocycles. The van der Waals surface area contributed by atoms with Crippen molar-refractivity contribution in [3.8, 4) is 0 Å². The Labute approximate surface area is 135 Å². The molecule has 2 heterocycles. The molecule has 6 heteroatoms. The number of carbonyl (C=O) groups is 3. The molecule has 2 N–H and O–H groups in total. The lowest BCUT2D eigenvalue weighted by atomic mass is 10.0. The van der Waals surface area contributed by atoms with Gasteiger partial charge in [-0.05, 0) is 58.0 Å². The lowest BCUT2D eigenvalue weighted by Crippen LogP contribution is -2.42. The zero-order valence-electron chi connectivity index (χ0n) is 13.4. The smallest absolute Gasteiger partial charge is 0.261 e. The van der Waals surface area contributed by atoms with Crippen LogP contribution in [0.3, 0.4) is 0 Å². The lowest BCUT2D eigenvalue weighted by molar-refractivity contribution is 0.0609. The van der Waals surface area contributed by atoms with Crippen molar-refractivity contribution in [2.24, 2.45) is 0 Å². The second-order valence-electron chi connectivity index (χ2n) is 6.33. The molecule has 2 aliphatic rings. The van der Waals surface area contributed by atoms with Gasteiger partial charge in [0.15, 0.2) is 0 Å². The van der Waals surface area contributed by atoms with Gasteiger partial charge in [0.1, 0.15) is 0 Å². The van der Waals surface area contributed by atoms with Crippen molar-refractivity contribution in [2.75, 3.05) is 13.1 Å². The average molecular weight is 315 g/mol. The number of imide groups is 1. The van der Waals surface area contributed by atoms with E-state index in [-0.39, 0.29) is 29.8 Å². The normalized spacial score (nSPS) is 18.5. The van der Waals surface area contributed by atoms with E-state index in [0.717, 1.165) is 25.9 Å². The third-order valence-electron chi connectivity index (χ3n) is 4.37. The first-order chi connectivity index (χ1) is 11.0. The summed E-state index contributed by atoms with van der Waals surface area (Å²) < 4.78 is 0. The highest BCUT2D eigenvalue weighted by molar-refractivity contribution is 6.22. The summed E-state index contributed by atoms with van der Waals surface area (Å²) in [5.41, 5.74) is 1.12. The van der Waals surface area contributed by atoms with Crippen LogP contribution in [0.15, 0.2) is 18.2 Å². The van der Waals surface area contributed by atoms with E-state index >= 15 is 0 Å². The molecule has 1 saturated heterocycles. The van der Waals surface area contributed by atoms with E-state index in [0.29, 0.717) is 16.7 Å². The largest absolute Gasteiger partial charge is 0.349 e. The van der Waals surface area contributed by atoms with Gasteiger partial charge in [-0.25, -0.2) is 0 Å². The number of piperidine rings is 1. The Morgan fingerprint density at radius 3 is 2.48 bits per heavy atom. The molecule has 0 atom stereocenters. The molecular formula is C17H21N3O3. The first-order valence-corrected chi connectivity index (χ1v) is 8.02. The van der Waals surface area contributed by atoms with Gasteiger partial charge in [0.2, 0.25) is 0 Å². The number of hydrogen-bond acceptors (Lipinski definition) is 4. The molecule has 0 spiro atoms. The third kappa shape index (κ3) is 2.86. The van der Waals surface area contributed by atoms with Crippen LogP contribution in [0, 0.1) is 0 Å². The van der Waals surface area contributed by atoms with E-state index in [1.807, 2.05) is 0 Å². The van der Waals surface area contributed by atoms with Crippen molar-refractivity contribution < 1.29 is 14.4 Å². The number of benzene rings is 1. The van der Waals surface area contributed by atoms with E-state index in [4.69, 9.17) is 0 Å². The van der Waals surface area contributed by atoms with E-state index in [1.54, 1.807) is 26.0 Å². The van der Waals surface area contributed by atoms with E-state index < -0.39 is 0 Å². The maximum Gasteiger partial charge on any atom is 0.261 e. The molecule has 6 nitrogen and oxygen atoms in total. The predicted octanol–water partition coefficient (Wildman–Crippen LogP) is 1.17. The minimum atomic E-state index is -0.323. The van der Waals surface area contributed by atoms with E-state index in [2.05, 4.69) is 10.6 Å². The van der Waals surface area contributed by atoms with Crippen LogP contribution in [-0.4, -0.2) is 47.8 Å². The number of hydrogen-bond donors (Lipinski definition) is 2. The molecule has 1 fully saturated rings. The highest BCUT2D eigenvalue weighted by Gasteiger charge is 2.37. The van der Waals surface area contributed by atoms with Gasteiger partial charge < -0.3 is 10.6 Å². The van der Waals surface area contributed by atoms with Gasteiger partial charge in [0.05, 0.1) is 11.1 Å². The molecule has 23 heavy (non-hydrogen) atoms. The molecule has 0 aromatic heterocycles. The van der Waals surface area contributed by atoms with Gasteiger partial charge in [-0.3, -0.25) is 19.3 Å². The van der Waals surface area contributed by atoms with Crippen LogP contribution >= 0.6 is 0 Å². The Morgan fingerprint density at radius 1 is 1.17 bits per heavy atom. The molecular weight excluding hydrogens is 294 g/mol. The molecule has 122 valence electrons. The quantitative estimate of drug-likeness (QED) is 0.821. The Kier molecular flexibility index (Phi) is 4.17. The van der Waals surface area contributed by atoms with Crippen LogP contribution in [0.2, 0.25) is 0 Å². The van der Waals surface area contributed by atoms with Gasteiger partial charge in [0.25, 0.3) is 17.7 Å². The molecule has 2 aliphatic heterocycles. The standard InChI is InChI=1S/C17H21N3O3/c1-10(2)20-16(22)13-4-3-11(9-14(13)17(20)23)15(21)19-12-5-7-18-8-6-12/h3-4,9-10,12,18H,5-8H2,1-2H3,(H,19,21). The Hall–Kier alpha value is -2.21. The fourth-order valence-corrected chi connectivity index (χ4v) is 3.10. The van der Waals surface area contributed by atoms with Gasteiger partial charge in [0, 0.05) is 17.6 Å². The van der Waals surface area contributed by atoms with Gasteiger partial charge in [-0.15, -0.1) is 0 Å². The SMILES string of the molecule is CC(C)N1C(=O)c2ccc(C(=O)NC3CCNCC3)cc2C1=O. The van der Waals surface area contributed by atoms with Crippen molar-refractivity contribution in [1.29, 1.82) is 0 Å². The highest BCUT2D eigenvalue weighted by Crippen LogP contribution is 2.25. The molecule has 0 radical (unpaired) electrons. The van der Waals surface area contributed by atoms with Crippen molar-refractivity contribution in [3.05, 3.63) is 34.9 Å². The maximum absolute atomic E-state index is 12.4. The summed E-state index contributed by atoms with van der Waals surface area (Å²) in [6.07, 6.45) is 1.80. The summed E-state index contributed by atoms with van der Waals surface area (Å²) in [6, 6.07) is 4.68. The van der Waals surface area contributed by atoms with Crippen molar-refractivity contribution in [3.63, 3.8) is 0 Å². The molecule has 3 amide bonds. The van der Waals surface area contributed by atoms with Crippen molar-refractivity contribution in [2.45, 2.75) is 38.8 Å². The number of fused-ring (bicyclic) bond motifs is 1. The van der Waals surface area contributed by atoms with E-state index in [1.165, 1.54) is 11.0 Å². The summed E-state index contributed by atoms with van der Waals surface area (Å²) >= 11 is 0. The van der Waals surface area contributed by atoms with Gasteiger partial charge >= 0.3 is 0 Å². The Morgan fingerprint density at radius 2 is 1.83 bits per heavy atom. The maximum atomic E-state index is 12.4. The number of amides is 3. The molecule has 0 bridgehead atoms. The molecule has 3 rings (SSSR count). The van der Waals surface area contributed by atoms with Gasteiger partial charge in [-0.1, -0.05) is 0 Å².